The van der Waals surface area contributed by atoms with Crippen molar-refractivity contribution < 1.29 is 9.53 Å². The number of nitrogens with one attached hydrogen (secondary N) is 1. The van der Waals surface area contributed by atoms with Gasteiger partial charge in [0.1, 0.15) is 5.82 Å². The lowest BCUT2D eigenvalue weighted by Crippen LogP contribution is -2.36. The Morgan fingerprint density at radius 2 is 2.44 bits per heavy atom. The number of hydrogen-bond acceptors (Lipinski definition) is 4. The van der Waals surface area contributed by atoms with Gasteiger partial charge in [0.2, 0.25) is 5.82 Å². The summed E-state index contributed by atoms with van der Waals surface area (Å²) < 4.78 is 5.08. The van der Waals surface area contributed by atoms with Crippen LogP contribution < -0.4 is 0 Å². The van der Waals surface area contributed by atoms with Gasteiger partial charge in [0.05, 0.1) is 6.61 Å². The van der Waals surface area contributed by atoms with Gasteiger partial charge in [-0.15, -0.1) is 5.10 Å². The average Bonchev–Trinajstić information content (AvgIpc) is 2.88. The highest BCUT2D eigenvalue weighted by Crippen LogP contribution is 2.12. The minimum atomic E-state index is -0.112. The SMILES string of the molecule is CCc1nc(C(=O)N2CC=C(COC)CC2)n[nH]1. The Bertz CT molecular complexity index is 453. The molecule has 1 aromatic rings. The number of aromatic amines is 1. The van der Waals surface area contributed by atoms with E-state index in [1.54, 1.807) is 12.0 Å². The molecular weight excluding hydrogens is 232 g/mol. The van der Waals surface area contributed by atoms with Crippen molar-refractivity contribution in [3.8, 4) is 0 Å². The highest BCUT2D eigenvalue weighted by Gasteiger charge is 2.21. The predicted molar refractivity (Wildman–Crippen MR) is 66.2 cm³/mol. The first-order chi connectivity index (χ1) is 8.74. The standard InChI is InChI=1S/C12H18N4O2/c1-3-10-13-11(15-14-10)12(17)16-6-4-9(5-7-16)8-18-2/h4H,3,5-8H2,1-2H3,(H,13,14,15). The molecule has 1 amide bonds. The van der Waals surface area contributed by atoms with E-state index in [1.165, 1.54) is 5.57 Å². The van der Waals surface area contributed by atoms with E-state index in [0.29, 0.717) is 19.7 Å². The van der Waals surface area contributed by atoms with Gasteiger partial charge in [-0.25, -0.2) is 4.98 Å². The second-order valence-corrected chi connectivity index (χ2v) is 4.26. The lowest BCUT2D eigenvalue weighted by molar-refractivity contribution is 0.0753. The minimum absolute atomic E-state index is 0.112. The largest absolute Gasteiger partial charge is 0.380 e. The maximum Gasteiger partial charge on any atom is 0.293 e. The summed E-state index contributed by atoms with van der Waals surface area (Å²) in [5.74, 6) is 0.889. The maximum atomic E-state index is 12.1. The van der Waals surface area contributed by atoms with Crippen molar-refractivity contribution in [2.24, 2.45) is 0 Å². The van der Waals surface area contributed by atoms with E-state index in [-0.39, 0.29) is 11.7 Å². The van der Waals surface area contributed by atoms with Crippen molar-refractivity contribution in [2.75, 3.05) is 26.8 Å². The van der Waals surface area contributed by atoms with E-state index < -0.39 is 0 Å². The van der Waals surface area contributed by atoms with Crippen LogP contribution in [0.25, 0.3) is 0 Å². The molecule has 0 unspecified atom stereocenters. The van der Waals surface area contributed by atoms with E-state index in [9.17, 15) is 4.79 Å². The number of carbonyl (C=O) groups is 1. The molecule has 0 radical (unpaired) electrons. The molecule has 6 heteroatoms. The van der Waals surface area contributed by atoms with Crippen molar-refractivity contribution in [3.05, 3.63) is 23.3 Å². The summed E-state index contributed by atoms with van der Waals surface area (Å²) in [5, 5.41) is 6.71. The normalized spacial score (nSPS) is 15.7. The van der Waals surface area contributed by atoms with Crippen LogP contribution in [0.4, 0.5) is 0 Å². The fourth-order valence-electron chi connectivity index (χ4n) is 1.90. The molecule has 6 nitrogen and oxygen atoms in total. The molecule has 0 fully saturated rings. The lowest BCUT2D eigenvalue weighted by Gasteiger charge is -2.25. The molecule has 1 aliphatic heterocycles. The van der Waals surface area contributed by atoms with Crippen LogP contribution in [-0.2, 0) is 11.2 Å². The molecule has 1 aliphatic rings. The number of rotatable bonds is 4. The number of methoxy groups -OCH3 is 1. The Labute approximate surface area is 106 Å². The molecule has 0 spiro atoms. The Morgan fingerprint density at radius 1 is 1.61 bits per heavy atom. The summed E-state index contributed by atoms with van der Waals surface area (Å²) in [6, 6.07) is 0. The van der Waals surface area contributed by atoms with Crippen molar-refractivity contribution >= 4 is 5.91 Å². The lowest BCUT2D eigenvalue weighted by atomic mass is 10.1. The molecule has 18 heavy (non-hydrogen) atoms. The third kappa shape index (κ3) is 2.76. The van der Waals surface area contributed by atoms with Gasteiger partial charge in [0, 0.05) is 26.6 Å². The number of amides is 1. The monoisotopic (exact) mass is 250 g/mol. The molecule has 0 atom stereocenters. The van der Waals surface area contributed by atoms with Gasteiger partial charge >= 0.3 is 0 Å². The summed E-state index contributed by atoms with van der Waals surface area (Å²) >= 11 is 0. The van der Waals surface area contributed by atoms with Gasteiger partial charge in [0.25, 0.3) is 5.91 Å². The Balaban J connectivity index is 1.99. The first kappa shape index (κ1) is 12.8. The average molecular weight is 250 g/mol. The number of carbonyl (C=O) groups excluding carboxylic acids is 1. The maximum absolute atomic E-state index is 12.1. The second kappa shape index (κ2) is 5.77. The van der Waals surface area contributed by atoms with Crippen LogP contribution in [0.3, 0.4) is 0 Å². The van der Waals surface area contributed by atoms with Gasteiger partial charge < -0.3 is 9.64 Å². The van der Waals surface area contributed by atoms with Crippen molar-refractivity contribution in [1.82, 2.24) is 20.1 Å². The van der Waals surface area contributed by atoms with Gasteiger partial charge in [-0.05, 0) is 12.0 Å². The summed E-state index contributed by atoms with van der Waals surface area (Å²) in [4.78, 5) is 18.0. The molecule has 0 bridgehead atoms. The summed E-state index contributed by atoms with van der Waals surface area (Å²) in [7, 11) is 1.68. The molecule has 0 aliphatic carbocycles. The third-order valence-corrected chi connectivity index (χ3v) is 2.98. The number of H-pyrrole nitrogens is 1. The van der Waals surface area contributed by atoms with E-state index in [2.05, 4.69) is 15.2 Å². The number of hydrogen-bond donors (Lipinski definition) is 1. The van der Waals surface area contributed by atoms with Crippen molar-refractivity contribution in [1.29, 1.82) is 0 Å². The summed E-state index contributed by atoms with van der Waals surface area (Å²) in [5.41, 5.74) is 1.24. The zero-order chi connectivity index (χ0) is 13.0. The summed E-state index contributed by atoms with van der Waals surface area (Å²) in [6.07, 6.45) is 3.64. The van der Waals surface area contributed by atoms with Gasteiger partial charge in [-0.2, -0.15) is 0 Å². The van der Waals surface area contributed by atoms with E-state index in [1.807, 2.05) is 13.0 Å². The molecular formula is C12H18N4O2. The summed E-state index contributed by atoms with van der Waals surface area (Å²) in [6.45, 7) is 3.91. The van der Waals surface area contributed by atoms with Crippen molar-refractivity contribution in [3.63, 3.8) is 0 Å². The molecule has 0 saturated heterocycles. The predicted octanol–water partition coefficient (Wildman–Crippen LogP) is 0.786. The van der Waals surface area contributed by atoms with Crippen LogP contribution in [0, 0.1) is 0 Å². The Hall–Kier alpha value is -1.69. The molecule has 1 aromatic heterocycles. The van der Waals surface area contributed by atoms with E-state index in [4.69, 9.17) is 4.74 Å². The smallest absolute Gasteiger partial charge is 0.293 e. The molecule has 98 valence electrons. The van der Waals surface area contributed by atoms with Gasteiger partial charge in [-0.3, -0.25) is 9.89 Å². The Morgan fingerprint density at radius 3 is 3.00 bits per heavy atom. The fraction of sp³-hybridized carbons (Fsp3) is 0.583. The fourth-order valence-corrected chi connectivity index (χ4v) is 1.90. The Kier molecular flexibility index (Phi) is 4.09. The van der Waals surface area contributed by atoms with E-state index >= 15 is 0 Å². The quantitative estimate of drug-likeness (QED) is 0.802. The number of nitrogens with zero attached hydrogens (tertiary/aromatic N) is 3. The third-order valence-electron chi connectivity index (χ3n) is 2.98. The molecule has 1 N–H and O–H groups in total. The van der Waals surface area contributed by atoms with Crippen LogP contribution in [0.1, 0.15) is 29.8 Å². The van der Waals surface area contributed by atoms with Crippen LogP contribution in [0.5, 0.6) is 0 Å². The zero-order valence-corrected chi connectivity index (χ0v) is 10.8. The first-order valence-corrected chi connectivity index (χ1v) is 6.12. The molecule has 0 saturated carbocycles. The van der Waals surface area contributed by atoms with Crippen LogP contribution in [0.15, 0.2) is 11.6 Å². The number of aromatic nitrogens is 3. The van der Waals surface area contributed by atoms with E-state index in [0.717, 1.165) is 18.7 Å². The van der Waals surface area contributed by atoms with Crippen molar-refractivity contribution in [2.45, 2.75) is 19.8 Å². The van der Waals surface area contributed by atoms with Gasteiger partial charge in [0.15, 0.2) is 0 Å². The molecule has 2 heterocycles. The first-order valence-electron chi connectivity index (χ1n) is 6.12. The van der Waals surface area contributed by atoms with Crippen LogP contribution >= 0.6 is 0 Å². The number of ether oxygens (including phenoxy) is 1. The molecule has 2 rings (SSSR count). The highest BCUT2D eigenvalue weighted by molar-refractivity contribution is 5.90. The topological polar surface area (TPSA) is 71.1 Å². The second-order valence-electron chi connectivity index (χ2n) is 4.26. The minimum Gasteiger partial charge on any atom is -0.380 e. The molecule has 0 aromatic carbocycles. The van der Waals surface area contributed by atoms with Gasteiger partial charge in [-0.1, -0.05) is 13.0 Å². The van der Waals surface area contributed by atoms with Crippen LogP contribution in [-0.4, -0.2) is 52.8 Å². The van der Waals surface area contributed by atoms with Crippen LogP contribution in [0.2, 0.25) is 0 Å². The highest BCUT2D eigenvalue weighted by atomic mass is 16.5. The number of aryl methyl sites for hydroxylation is 1. The zero-order valence-electron chi connectivity index (χ0n) is 10.8.